The van der Waals surface area contributed by atoms with Gasteiger partial charge in [-0.1, -0.05) is 32.9 Å². The van der Waals surface area contributed by atoms with Crippen molar-refractivity contribution in [3.8, 4) is 0 Å². The molecule has 0 atom stereocenters. The molecule has 1 aromatic rings. The van der Waals surface area contributed by atoms with E-state index in [4.69, 9.17) is 0 Å². The number of rotatable bonds is 2. The molecule has 0 saturated carbocycles. The largest absolute Gasteiger partial charge is 0.305 e. The molecule has 0 heterocycles. The van der Waals surface area contributed by atoms with Gasteiger partial charge in [0.25, 0.3) is 0 Å². The summed E-state index contributed by atoms with van der Waals surface area (Å²) in [5.41, 5.74) is 1.68. The quantitative estimate of drug-likeness (QED) is 0.723. The maximum Gasteiger partial charge on any atom is 0.127 e. The van der Waals surface area contributed by atoms with Gasteiger partial charge in [-0.2, -0.15) is 0 Å². The molecular weight excluding hydrogens is 189 g/mol. The summed E-state index contributed by atoms with van der Waals surface area (Å²) in [6.07, 6.45) is 0. The maximum absolute atomic E-state index is 13.8. The maximum atomic E-state index is 13.8. The van der Waals surface area contributed by atoms with Gasteiger partial charge in [0.2, 0.25) is 0 Å². The van der Waals surface area contributed by atoms with Crippen LogP contribution in [-0.4, -0.2) is 19.0 Å². The van der Waals surface area contributed by atoms with Crippen LogP contribution in [0.5, 0.6) is 0 Å². The summed E-state index contributed by atoms with van der Waals surface area (Å²) in [5, 5.41) is 0. The predicted molar refractivity (Wildman–Crippen MR) is 62.5 cm³/mol. The zero-order chi connectivity index (χ0) is 11.6. The summed E-state index contributed by atoms with van der Waals surface area (Å²) in [7, 11) is 3.96. The van der Waals surface area contributed by atoms with Gasteiger partial charge in [-0.15, -0.1) is 0 Å². The molecular formula is C13H20FN. The standard InChI is InChI=1S/C13H20FN/c1-13(2,3)11-7-6-10(8-12(11)14)9-15(4)5/h6-8H,9H2,1-5H3. The Balaban J connectivity index is 2.99. The van der Waals surface area contributed by atoms with Gasteiger partial charge in [-0.3, -0.25) is 0 Å². The zero-order valence-electron chi connectivity index (χ0n) is 10.3. The van der Waals surface area contributed by atoms with Crippen LogP contribution in [0.4, 0.5) is 4.39 Å². The Morgan fingerprint density at radius 2 is 1.80 bits per heavy atom. The second-order valence-electron chi connectivity index (χ2n) is 5.30. The first-order valence-corrected chi connectivity index (χ1v) is 5.24. The number of nitrogens with zero attached hydrogens (tertiary/aromatic N) is 1. The van der Waals surface area contributed by atoms with Crippen molar-refractivity contribution >= 4 is 0 Å². The third-order valence-corrected chi connectivity index (χ3v) is 2.34. The van der Waals surface area contributed by atoms with Crippen molar-refractivity contribution in [3.05, 3.63) is 35.1 Å². The molecule has 0 N–H and O–H groups in total. The summed E-state index contributed by atoms with van der Waals surface area (Å²) in [4.78, 5) is 2.03. The number of halogens is 1. The summed E-state index contributed by atoms with van der Waals surface area (Å²) >= 11 is 0. The van der Waals surface area contributed by atoms with E-state index in [0.29, 0.717) is 0 Å². The van der Waals surface area contributed by atoms with Crippen LogP contribution in [0.25, 0.3) is 0 Å². The monoisotopic (exact) mass is 209 g/mol. The highest BCUT2D eigenvalue weighted by atomic mass is 19.1. The molecule has 0 radical (unpaired) electrons. The Bertz CT molecular complexity index is 337. The van der Waals surface area contributed by atoms with Crippen LogP contribution in [0, 0.1) is 5.82 Å². The average Bonchev–Trinajstić information content (AvgIpc) is 1.99. The molecule has 0 spiro atoms. The van der Waals surface area contributed by atoms with E-state index in [2.05, 4.69) is 0 Å². The molecule has 0 saturated heterocycles. The first kappa shape index (κ1) is 12.2. The van der Waals surface area contributed by atoms with E-state index in [-0.39, 0.29) is 11.2 Å². The fraction of sp³-hybridized carbons (Fsp3) is 0.538. The van der Waals surface area contributed by atoms with E-state index in [1.54, 1.807) is 6.07 Å². The van der Waals surface area contributed by atoms with Gasteiger partial charge >= 0.3 is 0 Å². The Morgan fingerprint density at radius 3 is 2.20 bits per heavy atom. The fourth-order valence-electron chi connectivity index (χ4n) is 1.63. The van der Waals surface area contributed by atoms with Crippen molar-refractivity contribution < 1.29 is 4.39 Å². The van der Waals surface area contributed by atoms with Gasteiger partial charge in [0, 0.05) is 6.54 Å². The minimum Gasteiger partial charge on any atom is -0.305 e. The minimum atomic E-state index is -0.124. The molecule has 0 aliphatic rings. The van der Waals surface area contributed by atoms with Crippen LogP contribution in [0.2, 0.25) is 0 Å². The molecule has 1 aromatic carbocycles. The number of benzene rings is 1. The molecule has 0 aliphatic carbocycles. The van der Waals surface area contributed by atoms with Crippen LogP contribution in [-0.2, 0) is 12.0 Å². The molecule has 1 rings (SSSR count). The number of hydrogen-bond donors (Lipinski definition) is 0. The molecule has 1 nitrogen and oxygen atoms in total. The Labute approximate surface area is 91.9 Å². The van der Waals surface area contributed by atoms with E-state index in [1.807, 2.05) is 51.9 Å². The Hall–Kier alpha value is -0.890. The molecule has 0 unspecified atom stereocenters. The SMILES string of the molecule is CN(C)Cc1ccc(C(C)(C)C)c(F)c1. The Kier molecular flexibility index (Phi) is 3.50. The van der Waals surface area contributed by atoms with Crippen molar-refractivity contribution in [2.75, 3.05) is 14.1 Å². The van der Waals surface area contributed by atoms with E-state index in [1.165, 1.54) is 0 Å². The minimum absolute atomic E-state index is 0.0955. The van der Waals surface area contributed by atoms with E-state index in [0.717, 1.165) is 17.7 Å². The Morgan fingerprint density at radius 1 is 1.20 bits per heavy atom. The lowest BCUT2D eigenvalue weighted by molar-refractivity contribution is 0.400. The van der Waals surface area contributed by atoms with Gasteiger partial charge in [0.1, 0.15) is 5.82 Å². The molecule has 2 heteroatoms. The highest BCUT2D eigenvalue weighted by Crippen LogP contribution is 2.25. The summed E-state index contributed by atoms with van der Waals surface area (Å²) in [6, 6.07) is 5.54. The lowest BCUT2D eigenvalue weighted by atomic mass is 9.86. The van der Waals surface area contributed by atoms with Crippen molar-refractivity contribution in [1.29, 1.82) is 0 Å². The predicted octanol–water partition coefficient (Wildman–Crippen LogP) is 3.18. The smallest absolute Gasteiger partial charge is 0.127 e. The van der Waals surface area contributed by atoms with E-state index in [9.17, 15) is 4.39 Å². The summed E-state index contributed by atoms with van der Waals surface area (Å²) < 4.78 is 13.8. The summed E-state index contributed by atoms with van der Waals surface area (Å²) in [5.74, 6) is -0.0955. The zero-order valence-corrected chi connectivity index (χ0v) is 10.3. The van der Waals surface area contributed by atoms with Crippen LogP contribution in [0.1, 0.15) is 31.9 Å². The molecule has 0 amide bonds. The van der Waals surface area contributed by atoms with Crippen molar-refractivity contribution in [3.63, 3.8) is 0 Å². The summed E-state index contributed by atoms with van der Waals surface area (Å²) in [6.45, 7) is 6.85. The topological polar surface area (TPSA) is 3.24 Å². The van der Waals surface area contributed by atoms with Crippen LogP contribution < -0.4 is 0 Å². The fourth-order valence-corrected chi connectivity index (χ4v) is 1.63. The second-order valence-corrected chi connectivity index (χ2v) is 5.30. The first-order chi connectivity index (χ1) is 6.80. The third kappa shape index (κ3) is 3.31. The molecule has 0 aromatic heterocycles. The van der Waals surface area contributed by atoms with Crippen molar-refractivity contribution in [1.82, 2.24) is 4.90 Å². The lowest BCUT2D eigenvalue weighted by Crippen LogP contribution is -2.15. The van der Waals surface area contributed by atoms with E-state index >= 15 is 0 Å². The highest BCUT2D eigenvalue weighted by molar-refractivity contribution is 5.29. The highest BCUT2D eigenvalue weighted by Gasteiger charge is 2.18. The number of hydrogen-bond acceptors (Lipinski definition) is 1. The van der Waals surface area contributed by atoms with Crippen LogP contribution in [0.15, 0.2) is 18.2 Å². The average molecular weight is 209 g/mol. The van der Waals surface area contributed by atoms with Gasteiger partial charge in [0.05, 0.1) is 0 Å². The lowest BCUT2D eigenvalue weighted by Gasteiger charge is -2.20. The molecule has 0 aliphatic heterocycles. The van der Waals surface area contributed by atoms with Crippen molar-refractivity contribution in [2.45, 2.75) is 32.7 Å². The molecule has 0 fully saturated rings. The van der Waals surface area contributed by atoms with Gasteiger partial charge in [-0.05, 0) is 36.7 Å². The normalized spacial score (nSPS) is 12.2. The van der Waals surface area contributed by atoms with E-state index < -0.39 is 0 Å². The third-order valence-electron chi connectivity index (χ3n) is 2.34. The molecule has 84 valence electrons. The van der Waals surface area contributed by atoms with Gasteiger partial charge < -0.3 is 4.90 Å². The molecule has 15 heavy (non-hydrogen) atoms. The first-order valence-electron chi connectivity index (χ1n) is 5.24. The van der Waals surface area contributed by atoms with Crippen LogP contribution >= 0.6 is 0 Å². The van der Waals surface area contributed by atoms with Gasteiger partial charge in [-0.25, -0.2) is 4.39 Å². The second kappa shape index (κ2) is 4.31. The van der Waals surface area contributed by atoms with Crippen LogP contribution in [0.3, 0.4) is 0 Å². The molecule has 0 bridgehead atoms. The van der Waals surface area contributed by atoms with Crippen molar-refractivity contribution in [2.24, 2.45) is 0 Å². The van der Waals surface area contributed by atoms with Gasteiger partial charge in [0.15, 0.2) is 0 Å².